The van der Waals surface area contributed by atoms with Gasteiger partial charge in [-0.05, 0) is 57.5 Å². The van der Waals surface area contributed by atoms with Crippen LogP contribution < -0.4 is 5.32 Å². The molecule has 1 N–H and O–H groups in total. The highest BCUT2D eigenvalue weighted by atomic mass is 35.5. The molecule has 1 aliphatic rings. The Hall–Kier alpha value is -0.540. The van der Waals surface area contributed by atoms with Crippen molar-refractivity contribution in [1.82, 2.24) is 15.1 Å². The van der Waals surface area contributed by atoms with E-state index in [1.165, 1.54) is 25.0 Å². The molecule has 1 aromatic heterocycles. The summed E-state index contributed by atoms with van der Waals surface area (Å²) in [7, 11) is 4.06. The quantitative estimate of drug-likeness (QED) is 0.920. The highest BCUT2D eigenvalue weighted by Crippen LogP contribution is 2.36. The van der Waals surface area contributed by atoms with Crippen molar-refractivity contribution in [2.45, 2.75) is 39.5 Å². The number of halogens is 1. The first kappa shape index (κ1) is 14.9. The Labute approximate surface area is 121 Å². The summed E-state index contributed by atoms with van der Waals surface area (Å²) in [6, 6.07) is 0. The molecule has 0 aliphatic heterocycles. The third-order valence-corrected chi connectivity index (χ3v) is 5.08. The number of aromatic nitrogens is 2. The second kappa shape index (κ2) is 6.27. The minimum Gasteiger partial charge on any atom is -0.319 e. The van der Waals surface area contributed by atoms with Crippen molar-refractivity contribution in [3.8, 4) is 0 Å². The van der Waals surface area contributed by atoms with Crippen molar-refractivity contribution in [3.05, 3.63) is 16.4 Å². The summed E-state index contributed by atoms with van der Waals surface area (Å²) in [4.78, 5) is 0. The molecule has 0 amide bonds. The number of nitrogens with zero attached hydrogens (tertiary/aromatic N) is 2. The van der Waals surface area contributed by atoms with Crippen LogP contribution in [0.2, 0.25) is 5.02 Å². The van der Waals surface area contributed by atoms with Gasteiger partial charge in [-0.2, -0.15) is 5.10 Å². The maximum Gasteiger partial charge on any atom is 0.0847 e. The van der Waals surface area contributed by atoms with Crippen LogP contribution in [0.5, 0.6) is 0 Å². The van der Waals surface area contributed by atoms with E-state index in [1.54, 1.807) is 0 Å². The Morgan fingerprint density at radius 2 is 2.11 bits per heavy atom. The molecule has 1 fully saturated rings. The van der Waals surface area contributed by atoms with Gasteiger partial charge in [-0.3, -0.25) is 4.68 Å². The van der Waals surface area contributed by atoms with Crippen molar-refractivity contribution in [2.75, 3.05) is 13.6 Å². The predicted octanol–water partition coefficient (Wildman–Crippen LogP) is 3.20. The van der Waals surface area contributed by atoms with Crippen molar-refractivity contribution in [3.63, 3.8) is 0 Å². The molecule has 0 aromatic carbocycles. The lowest BCUT2D eigenvalue weighted by Crippen LogP contribution is -2.32. The van der Waals surface area contributed by atoms with E-state index in [4.69, 9.17) is 11.6 Å². The van der Waals surface area contributed by atoms with Crippen LogP contribution in [0.4, 0.5) is 0 Å². The Bertz CT molecular complexity index is 427. The molecular weight excluding hydrogens is 258 g/mol. The molecule has 3 unspecified atom stereocenters. The lowest BCUT2D eigenvalue weighted by molar-refractivity contribution is 0.184. The van der Waals surface area contributed by atoms with Gasteiger partial charge in [0.1, 0.15) is 0 Å². The Morgan fingerprint density at radius 1 is 1.37 bits per heavy atom. The fourth-order valence-corrected chi connectivity index (χ4v) is 3.73. The molecule has 1 aliphatic carbocycles. The van der Waals surface area contributed by atoms with E-state index in [-0.39, 0.29) is 0 Å². The minimum absolute atomic E-state index is 0.725. The van der Waals surface area contributed by atoms with Gasteiger partial charge < -0.3 is 5.32 Å². The van der Waals surface area contributed by atoms with Gasteiger partial charge in [-0.15, -0.1) is 0 Å². The largest absolute Gasteiger partial charge is 0.319 e. The Kier molecular flexibility index (Phi) is 4.91. The lowest BCUT2D eigenvalue weighted by atomic mass is 9.72. The molecule has 0 spiro atoms. The molecule has 1 heterocycles. The van der Waals surface area contributed by atoms with Crippen molar-refractivity contribution in [2.24, 2.45) is 24.8 Å². The maximum atomic E-state index is 6.40. The van der Waals surface area contributed by atoms with Crippen LogP contribution in [0.3, 0.4) is 0 Å². The highest BCUT2D eigenvalue weighted by Gasteiger charge is 2.29. The van der Waals surface area contributed by atoms with Crippen molar-refractivity contribution in [1.29, 1.82) is 0 Å². The topological polar surface area (TPSA) is 29.9 Å². The summed E-state index contributed by atoms with van der Waals surface area (Å²) < 4.78 is 1.97. The molecule has 0 radical (unpaired) electrons. The van der Waals surface area contributed by atoms with E-state index >= 15 is 0 Å². The summed E-state index contributed by atoms with van der Waals surface area (Å²) in [5.41, 5.74) is 2.16. The van der Waals surface area contributed by atoms with Gasteiger partial charge >= 0.3 is 0 Å². The molecule has 1 saturated carbocycles. The monoisotopic (exact) mass is 283 g/mol. The van der Waals surface area contributed by atoms with Crippen LogP contribution in [0, 0.1) is 24.7 Å². The third-order valence-electron chi connectivity index (χ3n) is 4.59. The summed E-state index contributed by atoms with van der Waals surface area (Å²) in [5.74, 6) is 2.34. The average molecular weight is 284 g/mol. The van der Waals surface area contributed by atoms with Gasteiger partial charge in [-0.1, -0.05) is 24.9 Å². The van der Waals surface area contributed by atoms with E-state index in [2.05, 4.69) is 24.4 Å². The molecule has 0 bridgehead atoms. The zero-order chi connectivity index (χ0) is 14.0. The van der Waals surface area contributed by atoms with Gasteiger partial charge in [0, 0.05) is 7.05 Å². The van der Waals surface area contributed by atoms with Gasteiger partial charge in [0.2, 0.25) is 0 Å². The minimum atomic E-state index is 0.725. The summed E-state index contributed by atoms with van der Waals surface area (Å²) in [5, 5.41) is 8.65. The smallest absolute Gasteiger partial charge is 0.0847 e. The van der Waals surface area contributed by atoms with Crippen LogP contribution in [0.1, 0.15) is 37.6 Å². The zero-order valence-corrected chi connectivity index (χ0v) is 13.3. The van der Waals surface area contributed by atoms with E-state index in [9.17, 15) is 0 Å². The average Bonchev–Trinajstić information content (AvgIpc) is 2.59. The number of rotatable bonds is 4. The van der Waals surface area contributed by atoms with E-state index in [0.29, 0.717) is 0 Å². The molecule has 3 nitrogen and oxygen atoms in total. The summed E-state index contributed by atoms with van der Waals surface area (Å²) >= 11 is 6.40. The van der Waals surface area contributed by atoms with Crippen LogP contribution in [-0.4, -0.2) is 23.4 Å². The summed E-state index contributed by atoms with van der Waals surface area (Å²) in [6.45, 7) is 5.48. The number of hydrogen-bond acceptors (Lipinski definition) is 2. The number of aryl methyl sites for hydroxylation is 2. The third kappa shape index (κ3) is 3.32. The molecule has 3 atom stereocenters. The number of nitrogens with one attached hydrogen (secondary N) is 1. The molecule has 4 heteroatoms. The number of hydrogen-bond donors (Lipinski definition) is 1. The molecule has 108 valence electrons. The van der Waals surface area contributed by atoms with Crippen LogP contribution in [0.15, 0.2) is 0 Å². The fourth-order valence-electron chi connectivity index (χ4n) is 3.49. The van der Waals surface area contributed by atoms with Crippen molar-refractivity contribution >= 4 is 11.6 Å². The van der Waals surface area contributed by atoms with E-state index in [0.717, 1.165) is 41.4 Å². The van der Waals surface area contributed by atoms with Gasteiger partial charge in [0.25, 0.3) is 0 Å². The molecule has 19 heavy (non-hydrogen) atoms. The lowest BCUT2D eigenvalue weighted by Gasteiger charge is -2.35. The highest BCUT2D eigenvalue weighted by molar-refractivity contribution is 6.31. The maximum absolute atomic E-state index is 6.40. The predicted molar refractivity (Wildman–Crippen MR) is 80.6 cm³/mol. The fraction of sp³-hybridized carbons (Fsp3) is 0.800. The van der Waals surface area contributed by atoms with Crippen LogP contribution in [-0.2, 0) is 13.5 Å². The Balaban J connectivity index is 2.13. The second-order valence-electron chi connectivity index (χ2n) is 6.17. The summed E-state index contributed by atoms with van der Waals surface area (Å²) in [6.07, 6.45) is 5.07. The molecule has 0 saturated heterocycles. The van der Waals surface area contributed by atoms with Gasteiger partial charge in [-0.25, -0.2) is 0 Å². The molecular formula is C15H26ClN3. The first-order valence-electron chi connectivity index (χ1n) is 7.35. The van der Waals surface area contributed by atoms with Gasteiger partial charge in [0.05, 0.1) is 16.4 Å². The Morgan fingerprint density at radius 3 is 2.68 bits per heavy atom. The van der Waals surface area contributed by atoms with Crippen LogP contribution in [0.25, 0.3) is 0 Å². The van der Waals surface area contributed by atoms with E-state index < -0.39 is 0 Å². The SMILES string of the molecule is CNCC1CCC(C)CC1Cc1c(Cl)c(C)nn1C. The normalized spacial score (nSPS) is 27.7. The molecule has 1 aromatic rings. The first-order valence-corrected chi connectivity index (χ1v) is 7.73. The van der Waals surface area contributed by atoms with Gasteiger partial charge in [0.15, 0.2) is 0 Å². The van der Waals surface area contributed by atoms with Crippen LogP contribution >= 0.6 is 11.6 Å². The second-order valence-corrected chi connectivity index (χ2v) is 6.55. The first-order chi connectivity index (χ1) is 9.02. The molecule has 2 rings (SSSR count). The van der Waals surface area contributed by atoms with E-state index in [1.807, 2.05) is 18.7 Å². The van der Waals surface area contributed by atoms with Crippen molar-refractivity contribution < 1.29 is 0 Å². The standard InChI is InChI=1S/C15H26ClN3/c1-10-5-6-12(9-17-3)13(7-10)8-14-15(16)11(2)18-19(14)4/h10,12-13,17H,5-9H2,1-4H3. The zero-order valence-electron chi connectivity index (χ0n) is 12.5.